The number of amides is 1. The average Bonchev–Trinajstić information content (AvgIpc) is 2.72. The lowest BCUT2D eigenvalue weighted by Gasteiger charge is -2.33. The summed E-state index contributed by atoms with van der Waals surface area (Å²) in [5, 5.41) is 2.67. The van der Waals surface area contributed by atoms with Gasteiger partial charge in [-0.1, -0.05) is 12.1 Å². The molecule has 1 heterocycles. The first-order chi connectivity index (χ1) is 13.4. The van der Waals surface area contributed by atoms with E-state index in [-0.39, 0.29) is 12.5 Å². The highest BCUT2D eigenvalue weighted by molar-refractivity contribution is 5.94. The Bertz CT molecular complexity index is 798. The third-order valence-corrected chi connectivity index (χ3v) is 4.98. The summed E-state index contributed by atoms with van der Waals surface area (Å²) in [6.45, 7) is 1.84. The fourth-order valence-electron chi connectivity index (χ4n) is 3.32. The van der Waals surface area contributed by atoms with Gasteiger partial charge in [-0.15, -0.1) is 0 Å². The fourth-order valence-corrected chi connectivity index (χ4v) is 3.32. The molecule has 2 aromatic carbocycles. The number of benzene rings is 2. The third-order valence-electron chi connectivity index (χ3n) is 4.98. The number of methoxy groups -OCH3 is 1. The van der Waals surface area contributed by atoms with Gasteiger partial charge in [0.15, 0.2) is 0 Å². The Balaban J connectivity index is 1.57. The molecular weight excluding hydrogens is 369 g/mol. The number of hydrogen-bond acceptors (Lipinski definition) is 3. The quantitative estimate of drug-likeness (QED) is 0.827. The maximum Gasteiger partial charge on any atom is 0.416 e. The van der Waals surface area contributed by atoms with Crippen molar-refractivity contribution in [2.75, 3.05) is 25.1 Å². The molecule has 3 rings (SSSR count). The second kappa shape index (κ2) is 8.65. The van der Waals surface area contributed by atoms with Crippen molar-refractivity contribution in [1.29, 1.82) is 0 Å². The molecule has 1 saturated heterocycles. The number of halogens is 3. The van der Waals surface area contributed by atoms with Crippen LogP contribution in [0, 0.1) is 0 Å². The number of piperidine rings is 1. The number of alkyl halides is 3. The maximum absolute atomic E-state index is 12.8. The van der Waals surface area contributed by atoms with Crippen molar-refractivity contribution in [3.63, 3.8) is 0 Å². The molecule has 0 unspecified atom stereocenters. The molecule has 1 aliphatic rings. The van der Waals surface area contributed by atoms with E-state index < -0.39 is 11.7 Å². The standard InChI is InChI=1S/C21H23F3N2O2/c1-28-19-9-11-26(12-10-19)18-7-5-16(6-8-18)20(27)25-14-15-3-2-4-17(13-15)21(22,23)24/h2-8,13,19H,9-12,14H2,1H3,(H,25,27). The van der Waals surface area contributed by atoms with Gasteiger partial charge < -0.3 is 15.0 Å². The minimum atomic E-state index is -4.40. The van der Waals surface area contributed by atoms with Crippen molar-refractivity contribution in [3.8, 4) is 0 Å². The van der Waals surface area contributed by atoms with Gasteiger partial charge in [-0.05, 0) is 54.8 Å². The Morgan fingerprint density at radius 1 is 1.14 bits per heavy atom. The molecule has 1 amide bonds. The minimum absolute atomic E-state index is 0.0367. The van der Waals surface area contributed by atoms with Gasteiger partial charge in [-0.3, -0.25) is 4.79 Å². The number of nitrogens with zero attached hydrogens (tertiary/aromatic N) is 1. The van der Waals surface area contributed by atoms with Crippen LogP contribution in [-0.2, 0) is 17.5 Å². The van der Waals surface area contributed by atoms with E-state index in [1.165, 1.54) is 6.07 Å². The summed E-state index contributed by atoms with van der Waals surface area (Å²) in [5.74, 6) is -0.318. The SMILES string of the molecule is COC1CCN(c2ccc(C(=O)NCc3cccc(C(F)(F)F)c3)cc2)CC1. The molecule has 1 fully saturated rings. The Kier molecular flexibility index (Phi) is 6.24. The number of hydrogen-bond donors (Lipinski definition) is 1. The van der Waals surface area contributed by atoms with Gasteiger partial charge in [0.25, 0.3) is 5.91 Å². The number of carbonyl (C=O) groups excluding carboxylic acids is 1. The van der Waals surface area contributed by atoms with Crippen LogP contribution in [0.4, 0.5) is 18.9 Å². The lowest BCUT2D eigenvalue weighted by Crippen LogP contribution is -2.36. The van der Waals surface area contributed by atoms with E-state index in [1.54, 1.807) is 25.3 Å². The first kappa shape index (κ1) is 20.2. The molecule has 0 atom stereocenters. The summed E-state index contributed by atoms with van der Waals surface area (Å²) >= 11 is 0. The highest BCUT2D eigenvalue weighted by Gasteiger charge is 2.30. The summed E-state index contributed by atoms with van der Waals surface area (Å²) in [7, 11) is 1.73. The largest absolute Gasteiger partial charge is 0.416 e. The lowest BCUT2D eigenvalue weighted by atomic mass is 10.1. The van der Waals surface area contributed by atoms with Crippen molar-refractivity contribution in [2.24, 2.45) is 0 Å². The molecule has 1 aliphatic heterocycles. The zero-order valence-corrected chi connectivity index (χ0v) is 15.6. The summed E-state index contributed by atoms with van der Waals surface area (Å²) in [5.41, 5.74) is 1.20. The summed E-state index contributed by atoms with van der Waals surface area (Å²) in [4.78, 5) is 14.6. The van der Waals surface area contributed by atoms with Gasteiger partial charge >= 0.3 is 6.18 Å². The van der Waals surface area contributed by atoms with Crippen molar-refractivity contribution in [1.82, 2.24) is 5.32 Å². The van der Waals surface area contributed by atoms with Crippen LogP contribution in [-0.4, -0.2) is 32.2 Å². The van der Waals surface area contributed by atoms with Crippen LogP contribution in [0.3, 0.4) is 0 Å². The minimum Gasteiger partial charge on any atom is -0.381 e. The molecule has 0 aromatic heterocycles. The van der Waals surface area contributed by atoms with E-state index in [0.29, 0.717) is 17.2 Å². The van der Waals surface area contributed by atoms with Crippen LogP contribution in [0.2, 0.25) is 0 Å². The van der Waals surface area contributed by atoms with Crippen molar-refractivity contribution < 1.29 is 22.7 Å². The van der Waals surface area contributed by atoms with Gasteiger partial charge in [0.1, 0.15) is 0 Å². The summed E-state index contributed by atoms with van der Waals surface area (Å²) in [6.07, 6.45) is -2.16. The normalized spacial score (nSPS) is 15.5. The second-order valence-electron chi connectivity index (χ2n) is 6.85. The molecule has 0 radical (unpaired) electrons. The van der Waals surface area contributed by atoms with Crippen molar-refractivity contribution in [3.05, 3.63) is 65.2 Å². The average molecular weight is 392 g/mol. The predicted molar refractivity (Wildman–Crippen MR) is 101 cm³/mol. The van der Waals surface area contributed by atoms with Gasteiger partial charge in [0, 0.05) is 38.0 Å². The molecule has 0 spiro atoms. The van der Waals surface area contributed by atoms with Crippen LogP contribution in [0.25, 0.3) is 0 Å². The molecule has 1 N–H and O–H groups in total. The molecule has 2 aromatic rings. The number of nitrogens with one attached hydrogen (secondary N) is 1. The Labute approximate surface area is 162 Å². The Morgan fingerprint density at radius 2 is 1.82 bits per heavy atom. The highest BCUT2D eigenvalue weighted by atomic mass is 19.4. The third kappa shape index (κ3) is 5.04. The Hall–Kier alpha value is -2.54. The molecule has 0 saturated carbocycles. The van der Waals surface area contributed by atoms with Crippen LogP contribution in [0.15, 0.2) is 48.5 Å². The van der Waals surface area contributed by atoms with E-state index >= 15 is 0 Å². The van der Waals surface area contributed by atoms with Crippen molar-refractivity contribution >= 4 is 11.6 Å². The predicted octanol–water partition coefficient (Wildman–Crippen LogP) is 4.25. The number of ether oxygens (including phenoxy) is 1. The zero-order valence-electron chi connectivity index (χ0n) is 15.6. The molecule has 7 heteroatoms. The molecule has 0 aliphatic carbocycles. The fraction of sp³-hybridized carbons (Fsp3) is 0.381. The zero-order chi connectivity index (χ0) is 20.1. The lowest BCUT2D eigenvalue weighted by molar-refractivity contribution is -0.137. The van der Waals surface area contributed by atoms with E-state index in [9.17, 15) is 18.0 Å². The van der Waals surface area contributed by atoms with Crippen LogP contribution < -0.4 is 10.2 Å². The molecule has 150 valence electrons. The first-order valence-corrected chi connectivity index (χ1v) is 9.19. The van der Waals surface area contributed by atoms with Gasteiger partial charge in [0.05, 0.1) is 11.7 Å². The molecule has 4 nitrogen and oxygen atoms in total. The van der Waals surface area contributed by atoms with Crippen LogP contribution in [0.5, 0.6) is 0 Å². The molecule has 0 bridgehead atoms. The topological polar surface area (TPSA) is 41.6 Å². The smallest absolute Gasteiger partial charge is 0.381 e. The van der Waals surface area contributed by atoms with Gasteiger partial charge in [-0.25, -0.2) is 0 Å². The monoisotopic (exact) mass is 392 g/mol. The van der Waals surface area contributed by atoms with E-state index in [2.05, 4.69) is 10.2 Å². The van der Waals surface area contributed by atoms with Crippen LogP contribution in [0.1, 0.15) is 34.3 Å². The molecular formula is C21H23F3N2O2. The number of anilines is 1. The highest BCUT2D eigenvalue weighted by Crippen LogP contribution is 2.29. The summed E-state index contributed by atoms with van der Waals surface area (Å²) < 4.78 is 43.7. The molecule has 28 heavy (non-hydrogen) atoms. The number of carbonyl (C=O) groups is 1. The maximum atomic E-state index is 12.8. The number of rotatable bonds is 5. The van der Waals surface area contributed by atoms with E-state index in [1.807, 2.05) is 12.1 Å². The summed E-state index contributed by atoms with van der Waals surface area (Å²) in [6, 6.07) is 12.2. The second-order valence-corrected chi connectivity index (χ2v) is 6.85. The van der Waals surface area contributed by atoms with Gasteiger partial charge in [0.2, 0.25) is 0 Å². The van der Waals surface area contributed by atoms with E-state index in [0.717, 1.165) is 43.8 Å². The van der Waals surface area contributed by atoms with E-state index in [4.69, 9.17) is 4.74 Å². The Morgan fingerprint density at radius 3 is 2.43 bits per heavy atom. The van der Waals surface area contributed by atoms with Gasteiger partial charge in [-0.2, -0.15) is 13.2 Å². The van der Waals surface area contributed by atoms with Crippen LogP contribution >= 0.6 is 0 Å². The first-order valence-electron chi connectivity index (χ1n) is 9.19. The van der Waals surface area contributed by atoms with Crippen molar-refractivity contribution in [2.45, 2.75) is 31.7 Å².